The summed E-state index contributed by atoms with van der Waals surface area (Å²) < 4.78 is 0.910. The van der Waals surface area contributed by atoms with Gasteiger partial charge < -0.3 is 0 Å². The third-order valence-corrected chi connectivity index (χ3v) is 3.44. The summed E-state index contributed by atoms with van der Waals surface area (Å²) in [6.45, 7) is 0. The summed E-state index contributed by atoms with van der Waals surface area (Å²) in [7, 11) is 0. The van der Waals surface area contributed by atoms with Gasteiger partial charge in [-0.3, -0.25) is 9.78 Å². The highest BCUT2D eigenvalue weighted by Crippen LogP contribution is 2.17. The zero-order chi connectivity index (χ0) is 12.1. The van der Waals surface area contributed by atoms with E-state index in [1.54, 1.807) is 18.6 Å². The summed E-state index contributed by atoms with van der Waals surface area (Å²) in [5.74, 6) is 0.455. The molecule has 0 unspecified atom stereocenters. The van der Waals surface area contributed by atoms with Gasteiger partial charge in [-0.1, -0.05) is 39.8 Å². The minimum absolute atomic E-state index is 0.0851. The van der Waals surface area contributed by atoms with E-state index in [2.05, 4.69) is 25.9 Å². The van der Waals surface area contributed by atoms with Gasteiger partial charge >= 0.3 is 0 Å². The van der Waals surface area contributed by atoms with Crippen LogP contribution in [-0.4, -0.2) is 21.5 Å². The molecule has 0 bridgehead atoms. The largest absolute Gasteiger partial charge is 0.293 e. The van der Waals surface area contributed by atoms with Gasteiger partial charge in [0.2, 0.25) is 0 Å². The summed E-state index contributed by atoms with van der Waals surface area (Å²) in [4.78, 5) is 19.9. The van der Waals surface area contributed by atoms with Crippen LogP contribution in [0.25, 0.3) is 0 Å². The molecule has 0 spiro atoms. The third-order valence-electron chi connectivity index (χ3n) is 2.04. The van der Waals surface area contributed by atoms with Crippen LogP contribution in [0, 0.1) is 0 Å². The van der Waals surface area contributed by atoms with Crippen molar-refractivity contribution in [3.63, 3.8) is 0 Å². The van der Waals surface area contributed by atoms with E-state index in [4.69, 9.17) is 0 Å². The topological polar surface area (TPSA) is 42.9 Å². The number of benzene rings is 1. The van der Waals surface area contributed by atoms with E-state index in [0.29, 0.717) is 11.3 Å². The Kier molecular flexibility index (Phi) is 4.28. The Morgan fingerprint density at radius 3 is 2.94 bits per heavy atom. The molecule has 17 heavy (non-hydrogen) atoms. The lowest BCUT2D eigenvalue weighted by Crippen LogP contribution is -2.02. The lowest BCUT2D eigenvalue weighted by atomic mass is 10.2. The van der Waals surface area contributed by atoms with Crippen LogP contribution >= 0.6 is 27.7 Å². The van der Waals surface area contributed by atoms with E-state index in [1.165, 1.54) is 11.8 Å². The average Bonchev–Trinajstić information content (AvgIpc) is 2.37. The number of aromatic nitrogens is 2. The minimum atomic E-state index is 0.0851. The Hall–Kier alpha value is -1.20. The predicted octanol–water partition coefficient (Wildman–Crippen LogP) is 3.21. The third kappa shape index (κ3) is 3.64. The first-order valence-corrected chi connectivity index (χ1v) is 6.71. The number of carbonyl (C=O) groups is 1. The number of halogens is 1. The van der Waals surface area contributed by atoms with Gasteiger partial charge in [0.05, 0.1) is 11.9 Å². The lowest BCUT2D eigenvalue weighted by Gasteiger charge is -2.01. The van der Waals surface area contributed by atoms with Crippen molar-refractivity contribution >= 4 is 33.5 Å². The van der Waals surface area contributed by atoms with Crippen LogP contribution in [0.5, 0.6) is 0 Å². The van der Waals surface area contributed by atoms with Gasteiger partial charge in [-0.05, 0) is 12.1 Å². The van der Waals surface area contributed by atoms with Crippen LogP contribution in [0.15, 0.2) is 52.4 Å². The van der Waals surface area contributed by atoms with Gasteiger partial charge in [0.15, 0.2) is 5.78 Å². The lowest BCUT2D eigenvalue weighted by molar-refractivity contribution is 0.102. The van der Waals surface area contributed by atoms with Crippen molar-refractivity contribution in [1.82, 2.24) is 9.97 Å². The zero-order valence-electron chi connectivity index (χ0n) is 8.84. The van der Waals surface area contributed by atoms with E-state index in [1.807, 2.05) is 24.3 Å². The highest BCUT2D eigenvalue weighted by molar-refractivity contribution is 9.10. The number of thioether (sulfide) groups is 1. The quantitative estimate of drug-likeness (QED) is 0.642. The van der Waals surface area contributed by atoms with Crippen LogP contribution in [0.3, 0.4) is 0 Å². The van der Waals surface area contributed by atoms with E-state index >= 15 is 0 Å². The van der Waals surface area contributed by atoms with Crippen molar-refractivity contribution in [3.05, 3.63) is 52.9 Å². The molecule has 0 aliphatic rings. The van der Waals surface area contributed by atoms with E-state index in [0.717, 1.165) is 9.50 Å². The molecule has 0 atom stereocenters. The Bertz CT molecular complexity index is 519. The molecule has 0 radical (unpaired) electrons. The molecule has 5 heteroatoms. The number of nitrogens with zero attached hydrogens (tertiary/aromatic N) is 2. The van der Waals surface area contributed by atoms with Gasteiger partial charge in [-0.15, -0.1) is 0 Å². The predicted molar refractivity (Wildman–Crippen MR) is 71.2 cm³/mol. The second kappa shape index (κ2) is 5.93. The van der Waals surface area contributed by atoms with Crippen molar-refractivity contribution < 1.29 is 4.79 Å². The van der Waals surface area contributed by atoms with Gasteiger partial charge in [0.1, 0.15) is 5.03 Å². The second-order valence-electron chi connectivity index (χ2n) is 3.27. The molecule has 3 nitrogen and oxygen atoms in total. The smallest absolute Gasteiger partial charge is 0.173 e. The molecule has 0 saturated heterocycles. The molecule has 0 saturated carbocycles. The SMILES string of the molecule is O=C(CSc1cnccn1)c1cccc(Br)c1. The molecule has 0 fully saturated rings. The number of carbonyl (C=O) groups excluding carboxylic acids is 1. The Morgan fingerprint density at radius 2 is 2.24 bits per heavy atom. The fourth-order valence-electron chi connectivity index (χ4n) is 1.24. The van der Waals surface area contributed by atoms with Crippen LogP contribution in [0.4, 0.5) is 0 Å². The summed E-state index contributed by atoms with van der Waals surface area (Å²) in [5, 5.41) is 0.760. The maximum absolute atomic E-state index is 11.9. The van der Waals surface area contributed by atoms with E-state index < -0.39 is 0 Å². The number of hydrogen-bond acceptors (Lipinski definition) is 4. The average molecular weight is 309 g/mol. The molecule has 2 rings (SSSR count). The van der Waals surface area contributed by atoms with Crippen molar-refractivity contribution in [2.45, 2.75) is 5.03 Å². The fraction of sp³-hybridized carbons (Fsp3) is 0.0833. The van der Waals surface area contributed by atoms with Crippen molar-refractivity contribution in [3.8, 4) is 0 Å². The molecular formula is C12H9BrN2OS. The molecule has 1 heterocycles. The Labute approximate surface area is 112 Å². The monoisotopic (exact) mass is 308 g/mol. The highest BCUT2D eigenvalue weighted by atomic mass is 79.9. The molecule has 86 valence electrons. The zero-order valence-corrected chi connectivity index (χ0v) is 11.2. The molecule has 0 aliphatic carbocycles. The maximum atomic E-state index is 11.9. The van der Waals surface area contributed by atoms with Crippen LogP contribution < -0.4 is 0 Å². The van der Waals surface area contributed by atoms with E-state index in [-0.39, 0.29) is 5.78 Å². The summed E-state index contributed by atoms with van der Waals surface area (Å²) in [5.41, 5.74) is 0.704. The van der Waals surface area contributed by atoms with Crippen LogP contribution in [0.1, 0.15) is 10.4 Å². The molecule has 0 amide bonds. The maximum Gasteiger partial charge on any atom is 0.173 e. The van der Waals surface area contributed by atoms with E-state index in [9.17, 15) is 4.79 Å². The summed E-state index contributed by atoms with van der Waals surface area (Å²) in [6.07, 6.45) is 4.88. The van der Waals surface area contributed by atoms with Crippen LogP contribution in [0.2, 0.25) is 0 Å². The van der Waals surface area contributed by atoms with Gasteiger partial charge in [-0.2, -0.15) is 0 Å². The number of Topliss-reactive ketones (excluding diaryl/α,β-unsaturated/α-hetero) is 1. The molecule has 0 aliphatic heterocycles. The first-order valence-electron chi connectivity index (χ1n) is 4.93. The molecule has 1 aromatic carbocycles. The van der Waals surface area contributed by atoms with Gasteiger partial charge in [0, 0.05) is 22.4 Å². The standard InChI is InChI=1S/C12H9BrN2OS/c13-10-3-1-2-9(6-10)11(16)8-17-12-7-14-4-5-15-12/h1-7H,8H2. The van der Waals surface area contributed by atoms with Crippen LogP contribution in [-0.2, 0) is 0 Å². The van der Waals surface area contributed by atoms with Crippen molar-refractivity contribution in [2.75, 3.05) is 5.75 Å². The summed E-state index contributed by atoms with van der Waals surface area (Å²) in [6, 6.07) is 7.38. The normalized spacial score (nSPS) is 10.2. The fourth-order valence-corrected chi connectivity index (χ4v) is 2.36. The van der Waals surface area contributed by atoms with Gasteiger partial charge in [-0.25, -0.2) is 4.98 Å². The molecule has 1 aromatic heterocycles. The second-order valence-corrected chi connectivity index (χ2v) is 5.18. The first kappa shape index (κ1) is 12.3. The minimum Gasteiger partial charge on any atom is -0.293 e. The first-order chi connectivity index (χ1) is 8.25. The van der Waals surface area contributed by atoms with Crippen molar-refractivity contribution in [2.24, 2.45) is 0 Å². The number of rotatable bonds is 4. The van der Waals surface area contributed by atoms with Gasteiger partial charge in [0.25, 0.3) is 0 Å². The summed E-state index contributed by atoms with van der Waals surface area (Å²) >= 11 is 4.74. The Morgan fingerprint density at radius 1 is 1.35 bits per heavy atom. The highest BCUT2D eigenvalue weighted by Gasteiger charge is 2.07. The molecular weight excluding hydrogens is 300 g/mol. The number of ketones is 1. The Balaban J connectivity index is 1.98. The molecule has 2 aromatic rings. The van der Waals surface area contributed by atoms with Crippen molar-refractivity contribution in [1.29, 1.82) is 0 Å². The molecule has 0 N–H and O–H groups in total. The number of hydrogen-bond donors (Lipinski definition) is 0.